The highest BCUT2D eigenvalue weighted by Crippen LogP contribution is 2.36. The quantitative estimate of drug-likeness (QED) is 0.140. The zero-order valence-electron chi connectivity index (χ0n) is 27.7. The minimum atomic E-state index is -0.302. The molecule has 1 aromatic carbocycles. The first-order chi connectivity index (χ1) is 21.6. The van der Waals surface area contributed by atoms with E-state index in [1.807, 2.05) is 0 Å². The molecule has 0 spiro atoms. The second-order valence-electron chi connectivity index (χ2n) is 13.2. The van der Waals surface area contributed by atoms with E-state index in [9.17, 15) is 0 Å². The lowest BCUT2D eigenvalue weighted by Gasteiger charge is -2.35. The highest BCUT2D eigenvalue weighted by molar-refractivity contribution is 7.17. The summed E-state index contributed by atoms with van der Waals surface area (Å²) < 4.78 is 27.1. The van der Waals surface area contributed by atoms with Crippen LogP contribution in [-0.4, -0.2) is 34.8 Å². The molecule has 3 aromatic rings. The van der Waals surface area contributed by atoms with E-state index in [2.05, 4.69) is 68.8 Å². The van der Waals surface area contributed by atoms with Gasteiger partial charge in [-0.05, 0) is 26.7 Å². The smallest absolute Gasteiger partial charge is 0.194 e. The van der Waals surface area contributed by atoms with Crippen LogP contribution in [0.15, 0.2) is 36.7 Å². The van der Waals surface area contributed by atoms with E-state index in [1.54, 1.807) is 11.3 Å². The van der Waals surface area contributed by atoms with Crippen LogP contribution in [0.3, 0.4) is 0 Å². The predicted octanol–water partition coefficient (Wildman–Crippen LogP) is 10.7. The van der Waals surface area contributed by atoms with Gasteiger partial charge in [-0.25, -0.2) is 4.98 Å². The fourth-order valence-electron chi connectivity index (χ4n) is 6.59. The van der Waals surface area contributed by atoms with Crippen LogP contribution in [0.5, 0.6) is 0 Å². The van der Waals surface area contributed by atoms with Crippen LogP contribution >= 0.6 is 11.3 Å². The minimum Gasteiger partial charge on any atom is -0.348 e. The number of unbranched alkanes of at least 4 members (excludes halogenated alkanes) is 10. The number of fused-ring (bicyclic) bond motifs is 1. The number of thiazole rings is 1. The molecule has 2 aliphatic rings. The van der Waals surface area contributed by atoms with Crippen molar-refractivity contribution in [1.82, 2.24) is 9.38 Å². The zero-order chi connectivity index (χ0) is 30.7. The first kappa shape index (κ1) is 33.6. The summed E-state index contributed by atoms with van der Waals surface area (Å²) in [6, 6.07) is 8.49. The molecule has 5 rings (SSSR count). The second-order valence-corrected chi connectivity index (χ2v) is 14.3. The lowest BCUT2D eigenvalue weighted by Crippen LogP contribution is -2.34. The molecule has 0 radical (unpaired) electrons. The molecule has 0 bridgehead atoms. The van der Waals surface area contributed by atoms with E-state index < -0.39 is 0 Å². The Morgan fingerprint density at radius 3 is 1.82 bits per heavy atom. The zero-order valence-corrected chi connectivity index (χ0v) is 28.5. The number of ether oxygens (including phenoxy) is 4. The van der Waals surface area contributed by atoms with Crippen LogP contribution in [0.4, 0.5) is 0 Å². The van der Waals surface area contributed by atoms with Gasteiger partial charge in [0.1, 0.15) is 0 Å². The first-order valence-electron chi connectivity index (χ1n) is 17.7. The monoisotopic (exact) mass is 624 g/mol. The third kappa shape index (κ3) is 9.16. The molecule has 6 nitrogen and oxygen atoms in total. The summed E-state index contributed by atoms with van der Waals surface area (Å²) in [5.41, 5.74) is 3.12. The normalized spacial score (nSPS) is 26.0. The molecule has 6 unspecified atom stereocenters. The molecule has 244 valence electrons. The maximum atomic E-state index is 6.34. The number of benzene rings is 1. The number of nitrogens with zero attached hydrogens (tertiary/aromatic N) is 2. The van der Waals surface area contributed by atoms with Crippen LogP contribution in [0.2, 0.25) is 0 Å². The van der Waals surface area contributed by atoms with Crippen molar-refractivity contribution in [3.8, 4) is 11.3 Å². The van der Waals surface area contributed by atoms with Crippen LogP contribution in [0, 0.1) is 11.8 Å². The molecule has 6 atom stereocenters. The van der Waals surface area contributed by atoms with Crippen molar-refractivity contribution in [3.63, 3.8) is 0 Å². The van der Waals surface area contributed by atoms with E-state index in [0.29, 0.717) is 11.8 Å². The van der Waals surface area contributed by atoms with E-state index in [-0.39, 0.29) is 24.8 Å². The Hall–Kier alpha value is -1.77. The Bertz CT molecular complexity index is 1210. The van der Waals surface area contributed by atoms with Crippen molar-refractivity contribution < 1.29 is 18.9 Å². The van der Waals surface area contributed by atoms with Crippen molar-refractivity contribution in [1.29, 1.82) is 0 Å². The molecule has 0 N–H and O–H groups in total. The topological polar surface area (TPSA) is 54.2 Å². The summed E-state index contributed by atoms with van der Waals surface area (Å²) in [6.45, 7) is 10.5. The van der Waals surface area contributed by atoms with Crippen molar-refractivity contribution >= 4 is 16.3 Å². The van der Waals surface area contributed by atoms with Crippen LogP contribution in [-0.2, 0) is 18.9 Å². The van der Waals surface area contributed by atoms with Gasteiger partial charge in [0.05, 0.1) is 36.0 Å². The van der Waals surface area contributed by atoms with E-state index >= 15 is 0 Å². The molecule has 0 aliphatic carbocycles. The Balaban J connectivity index is 1.08. The van der Waals surface area contributed by atoms with Gasteiger partial charge in [-0.15, -0.1) is 0 Å². The summed E-state index contributed by atoms with van der Waals surface area (Å²) in [5.74, 6) is 0.967. The molecule has 4 heterocycles. The Morgan fingerprint density at radius 2 is 1.25 bits per heavy atom. The Kier molecular flexibility index (Phi) is 13.2. The highest BCUT2D eigenvalue weighted by atomic mass is 32.1. The van der Waals surface area contributed by atoms with Crippen molar-refractivity contribution in [2.75, 3.05) is 13.2 Å². The lowest BCUT2D eigenvalue weighted by molar-refractivity contribution is -0.237. The van der Waals surface area contributed by atoms with Gasteiger partial charge < -0.3 is 18.9 Å². The average Bonchev–Trinajstić information content (AvgIpc) is 3.62. The van der Waals surface area contributed by atoms with Gasteiger partial charge in [-0.3, -0.25) is 4.40 Å². The van der Waals surface area contributed by atoms with Crippen molar-refractivity contribution in [2.24, 2.45) is 11.8 Å². The van der Waals surface area contributed by atoms with Gasteiger partial charge in [-0.2, -0.15) is 0 Å². The molecule has 2 aromatic heterocycles. The van der Waals surface area contributed by atoms with Crippen molar-refractivity contribution in [3.05, 3.63) is 47.1 Å². The van der Waals surface area contributed by atoms with Crippen LogP contribution in [0.1, 0.15) is 141 Å². The average molecular weight is 625 g/mol. The minimum absolute atomic E-state index is 0.208. The largest absolute Gasteiger partial charge is 0.348 e. The fourth-order valence-corrected chi connectivity index (χ4v) is 7.54. The highest BCUT2D eigenvalue weighted by Gasteiger charge is 2.31. The molecule has 0 saturated carbocycles. The van der Waals surface area contributed by atoms with Gasteiger partial charge in [-0.1, -0.05) is 126 Å². The Labute approximate surface area is 269 Å². The first-order valence-corrected chi connectivity index (χ1v) is 18.5. The number of aromatic nitrogens is 2. The molecule has 44 heavy (non-hydrogen) atoms. The molecule has 2 fully saturated rings. The lowest BCUT2D eigenvalue weighted by atomic mass is 9.95. The van der Waals surface area contributed by atoms with Gasteiger partial charge in [0.15, 0.2) is 17.5 Å². The van der Waals surface area contributed by atoms with Gasteiger partial charge in [0, 0.05) is 35.4 Å². The predicted molar refractivity (Wildman–Crippen MR) is 180 cm³/mol. The standard InChI is InChI=1S/C37H56N2O4S/c1-5-7-9-11-13-15-17-31-25-40-35(42-27(31)3)30-21-19-29(20-22-30)33-23-39-24-34(44-37(39)38-33)36-41-26-32(28(4)43-36)18-16-14-12-10-8-6-2/h19-24,27-28,31-32,35-36H,5-18,25-26H2,1-4H3. The SMILES string of the molecule is CCCCCCCCC1COC(c2ccc(-c3cn4cc(C5OCC(CCCCCCCC)C(C)O5)sc4n3)cc2)OC1C. The number of imidazole rings is 1. The van der Waals surface area contributed by atoms with E-state index in [0.717, 1.165) is 39.9 Å². The van der Waals surface area contributed by atoms with Crippen LogP contribution in [0.25, 0.3) is 16.2 Å². The third-order valence-electron chi connectivity index (χ3n) is 9.67. The number of rotatable bonds is 17. The van der Waals surface area contributed by atoms with Crippen molar-refractivity contribution in [2.45, 2.75) is 142 Å². The molecular weight excluding hydrogens is 568 g/mol. The molecule has 2 saturated heterocycles. The summed E-state index contributed by atoms with van der Waals surface area (Å²) >= 11 is 1.65. The Morgan fingerprint density at radius 1 is 0.705 bits per heavy atom. The second kappa shape index (κ2) is 17.2. The summed E-state index contributed by atoms with van der Waals surface area (Å²) in [7, 11) is 0. The van der Waals surface area contributed by atoms with Crippen LogP contribution < -0.4 is 0 Å². The maximum absolute atomic E-state index is 6.34. The molecule has 7 heteroatoms. The van der Waals surface area contributed by atoms with E-state index in [4.69, 9.17) is 23.9 Å². The fraction of sp³-hybridized carbons (Fsp3) is 0.703. The van der Waals surface area contributed by atoms with E-state index in [1.165, 1.54) is 89.9 Å². The van der Waals surface area contributed by atoms with Gasteiger partial charge in [0.2, 0.25) is 0 Å². The maximum Gasteiger partial charge on any atom is 0.194 e. The summed E-state index contributed by atoms with van der Waals surface area (Å²) in [6.07, 6.45) is 22.3. The number of hydrogen-bond acceptors (Lipinski definition) is 6. The van der Waals surface area contributed by atoms with Gasteiger partial charge in [0.25, 0.3) is 0 Å². The van der Waals surface area contributed by atoms with Gasteiger partial charge >= 0.3 is 0 Å². The molecule has 0 amide bonds. The molecule has 2 aliphatic heterocycles. The third-order valence-corrected chi connectivity index (χ3v) is 10.7. The number of hydrogen-bond donors (Lipinski definition) is 0. The summed E-state index contributed by atoms with van der Waals surface area (Å²) in [5, 5.41) is 0. The summed E-state index contributed by atoms with van der Waals surface area (Å²) in [4.78, 5) is 6.96. The molecular formula is C37H56N2O4S.